The Bertz CT molecular complexity index is 727. The van der Waals surface area contributed by atoms with E-state index in [9.17, 15) is 14.7 Å². The van der Waals surface area contributed by atoms with E-state index in [2.05, 4.69) is 0 Å². The summed E-state index contributed by atoms with van der Waals surface area (Å²) in [6.07, 6.45) is 0. The lowest BCUT2D eigenvalue weighted by atomic mass is 10.2. The van der Waals surface area contributed by atoms with E-state index in [-0.39, 0.29) is 23.8 Å². The summed E-state index contributed by atoms with van der Waals surface area (Å²) in [6.45, 7) is 2.55. The maximum absolute atomic E-state index is 12.1. The van der Waals surface area contributed by atoms with E-state index in [0.29, 0.717) is 13.2 Å². The van der Waals surface area contributed by atoms with Crippen LogP contribution in [-0.4, -0.2) is 42.1 Å². The zero-order valence-corrected chi connectivity index (χ0v) is 14.3. The molecule has 0 aliphatic heterocycles. The number of hydrogen-bond donors (Lipinski definition) is 1. The van der Waals surface area contributed by atoms with Gasteiger partial charge in [0.25, 0.3) is 5.91 Å². The lowest BCUT2D eigenvalue weighted by molar-refractivity contribution is -0.133. The van der Waals surface area contributed by atoms with Gasteiger partial charge >= 0.3 is 5.97 Å². The quantitative estimate of drug-likeness (QED) is 0.782. The van der Waals surface area contributed by atoms with Crippen LogP contribution < -0.4 is 4.74 Å². The van der Waals surface area contributed by atoms with Gasteiger partial charge in [-0.25, -0.2) is 4.79 Å². The van der Waals surface area contributed by atoms with Gasteiger partial charge in [-0.15, -0.1) is 0 Å². The Morgan fingerprint density at radius 3 is 2.48 bits per heavy atom. The molecule has 0 bridgehead atoms. The first-order valence-corrected chi connectivity index (χ1v) is 7.91. The standard InChI is InChI=1S/C19H21NO5/c1-3-24-17-9-7-14(8-10-17)12-20(2)18(22)13-25-19(23)15-5-4-6-16(21)11-15/h4-11,21H,3,12-13H2,1-2H3. The number of benzene rings is 2. The van der Waals surface area contributed by atoms with E-state index in [1.807, 2.05) is 31.2 Å². The van der Waals surface area contributed by atoms with Crippen molar-refractivity contribution in [2.24, 2.45) is 0 Å². The van der Waals surface area contributed by atoms with Crippen molar-refractivity contribution in [3.63, 3.8) is 0 Å². The van der Waals surface area contributed by atoms with E-state index < -0.39 is 5.97 Å². The van der Waals surface area contributed by atoms with Crippen molar-refractivity contribution in [1.82, 2.24) is 4.90 Å². The molecule has 0 unspecified atom stereocenters. The number of carbonyl (C=O) groups is 2. The highest BCUT2D eigenvalue weighted by Gasteiger charge is 2.14. The minimum atomic E-state index is -0.654. The van der Waals surface area contributed by atoms with Gasteiger partial charge in [0.2, 0.25) is 0 Å². The third-order valence-electron chi connectivity index (χ3n) is 3.49. The molecule has 25 heavy (non-hydrogen) atoms. The molecule has 6 nitrogen and oxygen atoms in total. The molecule has 2 rings (SSSR count). The Morgan fingerprint density at radius 1 is 1.12 bits per heavy atom. The minimum absolute atomic E-state index is 0.0339. The fourth-order valence-electron chi connectivity index (χ4n) is 2.17. The fourth-order valence-corrected chi connectivity index (χ4v) is 2.17. The molecule has 0 atom stereocenters. The van der Waals surface area contributed by atoms with E-state index in [1.165, 1.54) is 29.2 Å². The molecule has 0 spiro atoms. The van der Waals surface area contributed by atoms with Gasteiger partial charge in [-0.1, -0.05) is 18.2 Å². The van der Waals surface area contributed by atoms with Gasteiger partial charge in [-0.3, -0.25) is 4.79 Å². The van der Waals surface area contributed by atoms with Gasteiger partial charge in [-0.05, 0) is 42.8 Å². The van der Waals surface area contributed by atoms with Crippen LogP contribution in [0.25, 0.3) is 0 Å². The first kappa shape index (κ1) is 18.3. The average molecular weight is 343 g/mol. The zero-order chi connectivity index (χ0) is 18.2. The number of aromatic hydroxyl groups is 1. The van der Waals surface area contributed by atoms with Crippen molar-refractivity contribution < 1.29 is 24.2 Å². The highest BCUT2D eigenvalue weighted by Crippen LogP contribution is 2.14. The van der Waals surface area contributed by atoms with Crippen LogP contribution in [0.5, 0.6) is 11.5 Å². The number of amides is 1. The van der Waals surface area contributed by atoms with Gasteiger partial charge < -0.3 is 19.5 Å². The number of nitrogens with zero attached hydrogens (tertiary/aromatic N) is 1. The monoisotopic (exact) mass is 343 g/mol. The Kier molecular flexibility index (Phi) is 6.39. The molecule has 2 aromatic carbocycles. The molecule has 132 valence electrons. The van der Waals surface area contributed by atoms with Crippen LogP contribution in [-0.2, 0) is 16.1 Å². The van der Waals surface area contributed by atoms with Crippen LogP contribution in [0.3, 0.4) is 0 Å². The molecule has 0 heterocycles. The number of carbonyl (C=O) groups excluding carboxylic acids is 2. The number of ether oxygens (including phenoxy) is 2. The molecule has 0 aliphatic carbocycles. The fraction of sp³-hybridized carbons (Fsp3) is 0.263. The second-order valence-corrected chi connectivity index (χ2v) is 5.45. The molecule has 6 heteroatoms. The number of rotatable bonds is 7. The highest BCUT2D eigenvalue weighted by molar-refractivity contribution is 5.91. The summed E-state index contributed by atoms with van der Waals surface area (Å²) in [6, 6.07) is 13.2. The van der Waals surface area contributed by atoms with Crippen LogP contribution in [0.4, 0.5) is 0 Å². The largest absolute Gasteiger partial charge is 0.508 e. The molecule has 0 radical (unpaired) electrons. The number of hydrogen-bond acceptors (Lipinski definition) is 5. The number of esters is 1. The normalized spacial score (nSPS) is 10.2. The van der Waals surface area contributed by atoms with Crippen LogP contribution in [0.1, 0.15) is 22.8 Å². The van der Waals surface area contributed by atoms with Crippen molar-refractivity contribution in [3.05, 3.63) is 59.7 Å². The molecule has 1 N–H and O–H groups in total. The Balaban J connectivity index is 1.84. The van der Waals surface area contributed by atoms with Crippen molar-refractivity contribution >= 4 is 11.9 Å². The van der Waals surface area contributed by atoms with Gasteiger partial charge in [-0.2, -0.15) is 0 Å². The first-order valence-electron chi connectivity index (χ1n) is 7.91. The van der Waals surface area contributed by atoms with Crippen LogP contribution in [0.2, 0.25) is 0 Å². The summed E-state index contributed by atoms with van der Waals surface area (Å²) in [5, 5.41) is 9.35. The van der Waals surface area contributed by atoms with Crippen LogP contribution in [0.15, 0.2) is 48.5 Å². The summed E-state index contributed by atoms with van der Waals surface area (Å²) in [5.41, 5.74) is 1.14. The minimum Gasteiger partial charge on any atom is -0.508 e. The molecule has 2 aromatic rings. The topological polar surface area (TPSA) is 76.1 Å². The lowest BCUT2D eigenvalue weighted by Gasteiger charge is -2.17. The zero-order valence-electron chi connectivity index (χ0n) is 14.3. The molecule has 0 aromatic heterocycles. The van der Waals surface area contributed by atoms with Crippen LogP contribution in [0, 0.1) is 0 Å². The van der Waals surface area contributed by atoms with Gasteiger partial charge in [0, 0.05) is 13.6 Å². The van der Waals surface area contributed by atoms with Crippen molar-refractivity contribution in [1.29, 1.82) is 0 Å². The predicted octanol–water partition coefficient (Wildman–Crippen LogP) is 2.61. The molecule has 0 aliphatic rings. The van der Waals surface area contributed by atoms with E-state index >= 15 is 0 Å². The smallest absolute Gasteiger partial charge is 0.338 e. The Hall–Kier alpha value is -3.02. The van der Waals surface area contributed by atoms with Crippen LogP contribution >= 0.6 is 0 Å². The average Bonchev–Trinajstić information content (AvgIpc) is 2.61. The number of likely N-dealkylation sites (N-methyl/N-ethyl adjacent to an activating group) is 1. The highest BCUT2D eigenvalue weighted by atomic mass is 16.5. The maximum atomic E-state index is 12.1. The van der Waals surface area contributed by atoms with Gasteiger partial charge in [0.1, 0.15) is 11.5 Å². The van der Waals surface area contributed by atoms with E-state index in [4.69, 9.17) is 9.47 Å². The number of phenols is 1. The van der Waals surface area contributed by atoms with Crippen molar-refractivity contribution in [2.45, 2.75) is 13.5 Å². The second kappa shape index (κ2) is 8.73. The first-order chi connectivity index (χ1) is 12.0. The van der Waals surface area contributed by atoms with Gasteiger partial charge in [0.15, 0.2) is 6.61 Å². The van der Waals surface area contributed by atoms with Gasteiger partial charge in [0.05, 0.1) is 12.2 Å². The molecule has 1 amide bonds. The Morgan fingerprint density at radius 2 is 1.84 bits per heavy atom. The molecular formula is C19H21NO5. The SMILES string of the molecule is CCOc1ccc(CN(C)C(=O)COC(=O)c2cccc(O)c2)cc1. The van der Waals surface area contributed by atoms with Crippen molar-refractivity contribution in [2.75, 3.05) is 20.3 Å². The summed E-state index contributed by atoms with van der Waals surface area (Å²) in [7, 11) is 1.64. The predicted molar refractivity (Wildman–Crippen MR) is 92.5 cm³/mol. The summed E-state index contributed by atoms with van der Waals surface area (Å²) in [4.78, 5) is 25.4. The molecular weight excluding hydrogens is 322 g/mol. The Labute approximate surface area is 146 Å². The lowest BCUT2D eigenvalue weighted by Crippen LogP contribution is -2.30. The third kappa shape index (κ3) is 5.53. The summed E-state index contributed by atoms with van der Waals surface area (Å²) >= 11 is 0. The molecule has 0 saturated heterocycles. The molecule has 0 fully saturated rings. The summed E-state index contributed by atoms with van der Waals surface area (Å²) < 4.78 is 10.4. The third-order valence-corrected chi connectivity index (χ3v) is 3.49. The van der Waals surface area contributed by atoms with E-state index in [0.717, 1.165) is 11.3 Å². The van der Waals surface area contributed by atoms with Crippen molar-refractivity contribution in [3.8, 4) is 11.5 Å². The second-order valence-electron chi connectivity index (χ2n) is 5.45. The maximum Gasteiger partial charge on any atom is 0.338 e. The molecule has 0 saturated carbocycles. The van der Waals surface area contributed by atoms with E-state index in [1.54, 1.807) is 7.05 Å². The number of phenolic OH excluding ortho intramolecular Hbond substituents is 1. The summed E-state index contributed by atoms with van der Waals surface area (Å²) in [5.74, 6) is -0.227.